The van der Waals surface area contributed by atoms with Crippen LogP contribution in [0.3, 0.4) is 0 Å². The molecule has 0 unspecified atom stereocenters. The molecule has 0 aliphatic rings. The number of halogens is 3. The monoisotopic (exact) mass is 332 g/mol. The van der Waals surface area contributed by atoms with Gasteiger partial charge in [-0.15, -0.1) is 0 Å². The SMILES string of the molecule is Fc1ccc(I)c(-c2cccc(Cl)c2)c1. The van der Waals surface area contributed by atoms with Gasteiger partial charge >= 0.3 is 0 Å². The lowest BCUT2D eigenvalue weighted by atomic mass is 10.1. The predicted octanol–water partition coefficient (Wildman–Crippen LogP) is 4.75. The van der Waals surface area contributed by atoms with Crippen LogP contribution in [0, 0.1) is 9.39 Å². The first kappa shape index (κ1) is 10.9. The molecule has 0 radical (unpaired) electrons. The van der Waals surface area contributed by atoms with Gasteiger partial charge in [-0.05, 0) is 64.0 Å². The Morgan fingerprint density at radius 1 is 1.07 bits per heavy atom. The molecule has 0 nitrogen and oxygen atoms in total. The molecule has 0 spiro atoms. The van der Waals surface area contributed by atoms with Crippen molar-refractivity contribution in [2.24, 2.45) is 0 Å². The molecule has 0 bridgehead atoms. The molecule has 0 aliphatic heterocycles. The largest absolute Gasteiger partial charge is 0.207 e. The highest BCUT2D eigenvalue weighted by Crippen LogP contribution is 2.27. The third kappa shape index (κ3) is 2.49. The smallest absolute Gasteiger partial charge is 0.123 e. The Labute approximate surface area is 106 Å². The predicted molar refractivity (Wildman–Crippen MR) is 69.6 cm³/mol. The molecule has 0 amide bonds. The van der Waals surface area contributed by atoms with Gasteiger partial charge in [-0.1, -0.05) is 23.7 Å². The molecule has 0 aliphatic carbocycles. The van der Waals surface area contributed by atoms with Crippen molar-refractivity contribution in [3.05, 3.63) is 56.9 Å². The summed E-state index contributed by atoms with van der Waals surface area (Å²) in [5.41, 5.74) is 1.81. The Kier molecular flexibility index (Phi) is 3.26. The summed E-state index contributed by atoms with van der Waals surface area (Å²) in [5, 5.41) is 0.660. The van der Waals surface area contributed by atoms with Gasteiger partial charge < -0.3 is 0 Å². The van der Waals surface area contributed by atoms with Gasteiger partial charge in [0.25, 0.3) is 0 Å². The highest BCUT2D eigenvalue weighted by atomic mass is 127. The highest BCUT2D eigenvalue weighted by molar-refractivity contribution is 14.1. The van der Waals surface area contributed by atoms with Crippen LogP contribution in [0.2, 0.25) is 5.02 Å². The highest BCUT2D eigenvalue weighted by Gasteiger charge is 2.04. The first-order valence-corrected chi connectivity index (χ1v) is 5.83. The Morgan fingerprint density at radius 3 is 2.60 bits per heavy atom. The lowest BCUT2D eigenvalue weighted by molar-refractivity contribution is 0.628. The molecule has 0 saturated carbocycles. The van der Waals surface area contributed by atoms with Gasteiger partial charge in [0, 0.05) is 8.59 Å². The first-order chi connectivity index (χ1) is 7.16. The molecule has 76 valence electrons. The summed E-state index contributed by atoms with van der Waals surface area (Å²) in [4.78, 5) is 0. The van der Waals surface area contributed by atoms with Crippen molar-refractivity contribution in [2.75, 3.05) is 0 Å². The van der Waals surface area contributed by atoms with Gasteiger partial charge in [-0.3, -0.25) is 0 Å². The van der Waals surface area contributed by atoms with Crippen LogP contribution in [0.1, 0.15) is 0 Å². The van der Waals surface area contributed by atoms with E-state index in [0.717, 1.165) is 14.7 Å². The average Bonchev–Trinajstić information content (AvgIpc) is 2.22. The topological polar surface area (TPSA) is 0 Å². The van der Waals surface area contributed by atoms with Crippen molar-refractivity contribution in [1.82, 2.24) is 0 Å². The number of rotatable bonds is 1. The minimum atomic E-state index is -0.231. The molecule has 2 rings (SSSR count). The summed E-state index contributed by atoms with van der Waals surface area (Å²) < 4.78 is 14.1. The van der Waals surface area contributed by atoms with Gasteiger partial charge in [-0.25, -0.2) is 4.39 Å². The van der Waals surface area contributed by atoms with Crippen molar-refractivity contribution in [1.29, 1.82) is 0 Å². The van der Waals surface area contributed by atoms with E-state index in [1.807, 2.05) is 18.2 Å². The van der Waals surface area contributed by atoms with Crippen molar-refractivity contribution in [2.45, 2.75) is 0 Å². The van der Waals surface area contributed by atoms with E-state index in [1.54, 1.807) is 12.1 Å². The standard InChI is InChI=1S/C12H7ClFI/c13-9-3-1-2-8(6-9)11-7-10(14)4-5-12(11)15/h1-7H. The van der Waals surface area contributed by atoms with Crippen LogP contribution in [-0.4, -0.2) is 0 Å². The van der Waals surface area contributed by atoms with E-state index >= 15 is 0 Å². The van der Waals surface area contributed by atoms with Crippen LogP contribution in [0.25, 0.3) is 11.1 Å². The maximum Gasteiger partial charge on any atom is 0.123 e. The lowest BCUT2D eigenvalue weighted by Crippen LogP contribution is -1.84. The van der Waals surface area contributed by atoms with E-state index in [1.165, 1.54) is 12.1 Å². The zero-order valence-corrected chi connectivity index (χ0v) is 10.6. The molecule has 15 heavy (non-hydrogen) atoms. The molecule has 0 atom stereocenters. The Bertz CT molecular complexity index is 497. The van der Waals surface area contributed by atoms with E-state index in [9.17, 15) is 4.39 Å². The van der Waals surface area contributed by atoms with Crippen LogP contribution in [0.4, 0.5) is 4.39 Å². The fraction of sp³-hybridized carbons (Fsp3) is 0. The summed E-state index contributed by atoms with van der Waals surface area (Å²) in [6, 6.07) is 12.1. The summed E-state index contributed by atoms with van der Waals surface area (Å²) in [5.74, 6) is -0.231. The molecular weight excluding hydrogens is 325 g/mol. The molecule has 3 heteroatoms. The Balaban J connectivity index is 2.58. The normalized spacial score (nSPS) is 10.3. The maximum absolute atomic E-state index is 13.1. The molecular formula is C12H7ClFI. The van der Waals surface area contributed by atoms with Crippen LogP contribution in [0.5, 0.6) is 0 Å². The molecule has 0 heterocycles. The number of hydrogen-bond donors (Lipinski definition) is 0. The van der Waals surface area contributed by atoms with Crippen LogP contribution < -0.4 is 0 Å². The fourth-order valence-electron chi connectivity index (χ4n) is 1.37. The summed E-state index contributed by atoms with van der Waals surface area (Å²) in [7, 11) is 0. The lowest BCUT2D eigenvalue weighted by Gasteiger charge is -2.05. The van der Waals surface area contributed by atoms with Crippen molar-refractivity contribution in [3.63, 3.8) is 0 Å². The summed E-state index contributed by atoms with van der Waals surface area (Å²) in [6.07, 6.45) is 0. The van der Waals surface area contributed by atoms with Gasteiger partial charge in [0.2, 0.25) is 0 Å². The minimum absolute atomic E-state index is 0.231. The van der Waals surface area contributed by atoms with E-state index < -0.39 is 0 Å². The number of hydrogen-bond acceptors (Lipinski definition) is 0. The van der Waals surface area contributed by atoms with E-state index in [-0.39, 0.29) is 5.82 Å². The first-order valence-electron chi connectivity index (χ1n) is 4.38. The molecule has 0 aromatic heterocycles. The van der Waals surface area contributed by atoms with Gasteiger partial charge in [0.15, 0.2) is 0 Å². The second-order valence-corrected chi connectivity index (χ2v) is 4.73. The summed E-state index contributed by atoms with van der Waals surface area (Å²) in [6.45, 7) is 0. The molecule has 0 N–H and O–H groups in total. The van der Waals surface area contributed by atoms with Crippen LogP contribution in [-0.2, 0) is 0 Å². The Morgan fingerprint density at radius 2 is 1.87 bits per heavy atom. The van der Waals surface area contributed by atoms with E-state index in [2.05, 4.69) is 22.6 Å². The second-order valence-electron chi connectivity index (χ2n) is 3.13. The molecule has 0 fully saturated rings. The Hall–Kier alpha value is -0.610. The van der Waals surface area contributed by atoms with E-state index in [4.69, 9.17) is 11.6 Å². The zero-order chi connectivity index (χ0) is 10.8. The second kappa shape index (κ2) is 4.49. The average molecular weight is 333 g/mol. The third-order valence-electron chi connectivity index (χ3n) is 2.06. The number of benzene rings is 2. The molecule has 0 saturated heterocycles. The molecule has 2 aromatic carbocycles. The van der Waals surface area contributed by atoms with Crippen molar-refractivity contribution >= 4 is 34.2 Å². The summed E-state index contributed by atoms with van der Waals surface area (Å²) >= 11 is 8.07. The fourth-order valence-corrected chi connectivity index (χ4v) is 2.21. The third-order valence-corrected chi connectivity index (χ3v) is 3.24. The molecule has 2 aromatic rings. The van der Waals surface area contributed by atoms with Gasteiger partial charge in [-0.2, -0.15) is 0 Å². The quantitative estimate of drug-likeness (QED) is 0.661. The maximum atomic E-state index is 13.1. The van der Waals surface area contributed by atoms with Gasteiger partial charge in [0.05, 0.1) is 0 Å². The van der Waals surface area contributed by atoms with Crippen molar-refractivity contribution < 1.29 is 4.39 Å². The van der Waals surface area contributed by atoms with Crippen molar-refractivity contribution in [3.8, 4) is 11.1 Å². The van der Waals surface area contributed by atoms with Gasteiger partial charge in [0.1, 0.15) is 5.82 Å². The van der Waals surface area contributed by atoms with Crippen LogP contribution in [0.15, 0.2) is 42.5 Å². The zero-order valence-electron chi connectivity index (χ0n) is 7.68. The van der Waals surface area contributed by atoms with Crippen LogP contribution >= 0.6 is 34.2 Å². The minimum Gasteiger partial charge on any atom is -0.207 e. The van der Waals surface area contributed by atoms with E-state index in [0.29, 0.717) is 5.02 Å².